The number of rotatable bonds is 6. The number of anilines is 2. The third kappa shape index (κ3) is 5.59. The first-order chi connectivity index (χ1) is 13.9. The van der Waals surface area contributed by atoms with Crippen LogP contribution in [-0.2, 0) is 4.79 Å². The Morgan fingerprint density at radius 1 is 0.897 bits per heavy atom. The molecule has 3 aromatic carbocycles. The molecule has 2 amide bonds. The molecule has 0 bridgehead atoms. The molecule has 3 aromatic rings. The summed E-state index contributed by atoms with van der Waals surface area (Å²) < 4.78 is 5.49. The lowest BCUT2D eigenvalue weighted by Gasteiger charge is -2.10. The highest BCUT2D eigenvalue weighted by Gasteiger charge is 2.10. The number of benzene rings is 3. The smallest absolute Gasteiger partial charge is 0.262 e. The average Bonchev–Trinajstić information content (AvgIpc) is 2.72. The molecule has 0 aliphatic carbocycles. The predicted octanol–water partition coefficient (Wildman–Crippen LogP) is 5.23. The van der Waals surface area contributed by atoms with Crippen LogP contribution in [0.2, 0.25) is 5.02 Å². The summed E-state index contributed by atoms with van der Waals surface area (Å²) in [4.78, 5) is 24.4. The Kier molecular flexibility index (Phi) is 6.52. The van der Waals surface area contributed by atoms with Gasteiger partial charge in [-0.2, -0.15) is 0 Å². The van der Waals surface area contributed by atoms with Crippen LogP contribution in [0.3, 0.4) is 0 Å². The van der Waals surface area contributed by atoms with Crippen molar-refractivity contribution in [1.29, 1.82) is 0 Å². The molecule has 0 saturated heterocycles. The van der Waals surface area contributed by atoms with Crippen molar-refractivity contribution in [2.24, 2.45) is 0 Å². The van der Waals surface area contributed by atoms with Crippen LogP contribution in [0, 0.1) is 13.8 Å². The largest absolute Gasteiger partial charge is 0.484 e. The van der Waals surface area contributed by atoms with E-state index < -0.39 is 0 Å². The normalized spacial score (nSPS) is 10.3. The third-order valence-electron chi connectivity index (χ3n) is 4.34. The maximum atomic E-state index is 12.4. The molecule has 29 heavy (non-hydrogen) atoms. The van der Waals surface area contributed by atoms with Crippen LogP contribution in [0.15, 0.2) is 66.7 Å². The maximum absolute atomic E-state index is 12.4. The van der Waals surface area contributed by atoms with E-state index in [1.807, 2.05) is 38.1 Å². The lowest BCUT2D eigenvalue weighted by Crippen LogP contribution is -2.20. The minimum Gasteiger partial charge on any atom is -0.484 e. The van der Waals surface area contributed by atoms with Crippen molar-refractivity contribution in [3.05, 3.63) is 88.4 Å². The van der Waals surface area contributed by atoms with Gasteiger partial charge in [0, 0.05) is 22.0 Å². The summed E-state index contributed by atoms with van der Waals surface area (Å²) in [5.74, 6) is -0.00863. The Bertz CT molecular complexity index is 1020. The molecule has 3 rings (SSSR count). The van der Waals surface area contributed by atoms with Crippen LogP contribution in [0.4, 0.5) is 11.4 Å². The summed E-state index contributed by atoms with van der Waals surface area (Å²) >= 11 is 6.08. The first-order valence-corrected chi connectivity index (χ1v) is 9.46. The Morgan fingerprint density at radius 2 is 1.59 bits per heavy atom. The van der Waals surface area contributed by atoms with Crippen molar-refractivity contribution in [3.8, 4) is 5.75 Å². The Hall–Kier alpha value is -3.31. The molecule has 0 heterocycles. The van der Waals surface area contributed by atoms with E-state index in [4.69, 9.17) is 16.3 Å². The third-order valence-corrected chi connectivity index (χ3v) is 4.75. The van der Waals surface area contributed by atoms with Crippen LogP contribution in [0.1, 0.15) is 21.5 Å². The van der Waals surface area contributed by atoms with Gasteiger partial charge in [-0.1, -0.05) is 35.4 Å². The topological polar surface area (TPSA) is 67.4 Å². The van der Waals surface area contributed by atoms with Crippen molar-refractivity contribution in [2.75, 3.05) is 17.2 Å². The zero-order valence-electron chi connectivity index (χ0n) is 16.2. The summed E-state index contributed by atoms with van der Waals surface area (Å²) in [6.45, 7) is 3.70. The highest BCUT2D eigenvalue weighted by molar-refractivity contribution is 6.31. The number of halogens is 1. The number of hydrogen-bond donors (Lipinski definition) is 2. The molecule has 0 atom stereocenters. The van der Waals surface area contributed by atoms with Crippen LogP contribution >= 0.6 is 11.6 Å². The molecule has 0 aliphatic heterocycles. The van der Waals surface area contributed by atoms with Crippen LogP contribution in [0.5, 0.6) is 5.75 Å². The Morgan fingerprint density at radius 3 is 2.28 bits per heavy atom. The van der Waals surface area contributed by atoms with E-state index in [-0.39, 0.29) is 18.4 Å². The van der Waals surface area contributed by atoms with E-state index in [0.29, 0.717) is 27.7 Å². The standard InChI is InChI=1S/C23H21ClN2O3/c1-15-6-10-18(11-7-15)25-22(27)14-29-19-12-8-17(9-13-19)23(28)26-21-5-3-4-20(24)16(21)2/h3-13H,14H2,1-2H3,(H,25,27)(H,26,28). The molecule has 0 fully saturated rings. The molecule has 0 spiro atoms. The zero-order chi connectivity index (χ0) is 20.8. The number of ether oxygens (including phenoxy) is 1. The molecule has 0 unspecified atom stereocenters. The van der Waals surface area contributed by atoms with Gasteiger partial charge in [0.15, 0.2) is 6.61 Å². The number of hydrogen-bond acceptors (Lipinski definition) is 3. The van der Waals surface area contributed by atoms with Gasteiger partial charge in [0.2, 0.25) is 0 Å². The van der Waals surface area contributed by atoms with E-state index in [9.17, 15) is 9.59 Å². The Balaban J connectivity index is 1.54. The van der Waals surface area contributed by atoms with Gasteiger partial charge in [0.1, 0.15) is 5.75 Å². The maximum Gasteiger partial charge on any atom is 0.262 e. The summed E-state index contributed by atoms with van der Waals surface area (Å²) in [6, 6.07) is 19.4. The van der Waals surface area contributed by atoms with Gasteiger partial charge in [-0.05, 0) is 67.9 Å². The fourth-order valence-corrected chi connectivity index (χ4v) is 2.80. The number of nitrogens with one attached hydrogen (secondary N) is 2. The highest BCUT2D eigenvalue weighted by atomic mass is 35.5. The second kappa shape index (κ2) is 9.26. The van der Waals surface area contributed by atoms with E-state index >= 15 is 0 Å². The molecule has 148 valence electrons. The van der Waals surface area contributed by atoms with E-state index in [2.05, 4.69) is 10.6 Å². The molecule has 0 aromatic heterocycles. The highest BCUT2D eigenvalue weighted by Crippen LogP contribution is 2.23. The van der Waals surface area contributed by atoms with Gasteiger partial charge in [-0.15, -0.1) is 0 Å². The zero-order valence-corrected chi connectivity index (χ0v) is 16.9. The summed E-state index contributed by atoms with van der Waals surface area (Å²) in [7, 11) is 0. The van der Waals surface area contributed by atoms with Gasteiger partial charge in [0.05, 0.1) is 0 Å². The van der Waals surface area contributed by atoms with Crippen molar-refractivity contribution in [1.82, 2.24) is 0 Å². The lowest BCUT2D eigenvalue weighted by atomic mass is 10.1. The first kappa shape index (κ1) is 20.4. The number of amides is 2. The monoisotopic (exact) mass is 408 g/mol. The molecule has 5 nitrogen and oxygen atoms in total. The van der Waals surface area contributed by atoms with Gasteiger partial charge in [-0.25, -0.2) is 0 Å². The fraction of sp³-hybridized carbons (Fsp3) is 0.130. The van der Waals surface area contributed by atoms with Gasteiger partial charge < -0.3 is 15.4 Å². The molecule has 0 aliphatic rings. The summed E-state index contributed by atoms with van der Waals surface area (Å²) in [5.41, 5.74) is 3.78. The first-order valence-electron chi connectivity index (χ1n) is 9.08. The second-order valence-electron chi connectivity index (χ2n) is 6.59. The minimum atomic E-state index is -0.257. The van der Waals surface area contributed by atoms with Crippen LogP contribution < -0.4 is 15.4 Å². The van der Waals surface area contributed by atoms with E-state index in [1.165, 1.54) is 0 Å². The molecule has 0 radical (unpaired) electrons. The summed E-state index contributed by atoms with van der Waals surface area (Å²) in [6.07, 6.45) is 0. The number of carbonyl (C=O) groups is 2. The summed E-state index contributed by atoms with van der Waals surface area (Å²) in [5, 5.41) is 6.20. The van der Waals surface area contributed by atoms with Gasteiger partial charge in [-0.3, -0.25) is 9.59 Å². The SMILES string of the molecule is Cc1ccc(NC(=O)COc2ccc(C(=O)Nc3cccc(Cl)c3C)cc2)cc1. The van der Waals surface area contributed by atoms with Crippen molar-refractivity contribution >= 4 is 34.8 Å². The van der Waals surface area contributed by atoms with Crippen LogP contribution in [0.25, 0.3) is 0 Å². The molecular formula is C23H21ClN2O3. The molecule has 0 saturated carbocycles. The predicted molar refractivity (Wildman–Crippen MR) is 116 cm³/mol. The number of carbonyl (C=O) groups excluding carboxylic acids is 2. The van der Waals surface area contributed by atoms with Gasteiger partial charge in [0.25, 0.3) is 11.8 Å². The molecule has 6 heteroatoms. The molecule has 2 N–H and O–H groups in total. The van der Waals surface area contributed by atoms with E-state index in [1.54, 1.807) is 42.5 Å². The lowest BCUT2D eigenvalue weighted by molar-refractivity contribution is -0.118. The van der Waals surface area contributed by atoms with E-state index in [0.717, 1.165) is 11.1 Å². The minimum absolute atomic E-state index is 0.124. The second-order valence-corrected chi connectivity index (χ2v) is 7.00. The number of aryl methyl sites for hydroxylation is 1. The average molecular weight is 409 g/mol. The fourth-order valence-electron chi connectivity index (χ4n) is 2.62. The van der Waals surface area contributed by atoms with Gasteiger partial charge >= 0.3 is 0 Å². The molecular weight excluding hydrogens is 388 g/mol. The van der Waals surface area contributed by atoms with Crippen molar-refractivity contribution < 1.29 is 14.3 Å². The quantitative estimate of drug-likeness (QED) is 0.587. The van der Waals surface area contributed by atoms with Crippen molar-refractivity contribution in [2.45, 2.75) is 13.8 Å². The van der Waals surface area contributed by atoms with Crippen LogP contribution in [-0.4, -0.2) is 18.4 Å². The Labute approximate surface area is 174 Å². The van der Waals surface area contributed by atoms with Crippen molar-refractivity contribution in [3.63, 3.8) is 0 Å².